The van der Waals surface area contributed by atoms with Crippen molar-refractivity contribution in [1.82, 2.24) is 0 Å². The number of ether oxygens (including phenoxy) is 2. The number of fused-ring (bicyclic) bond motifs is 1. The van der Waals surface area contributed by atoms with Crippen molar-refractivity contribution in [2.75, 3.05) is 14.2 Å². The van der Waals surface area contributed by atoms with Crippen LogP contribution in [0.4, 0.5) is 0 Å². The van der Waals surface area contributed by atoms with Crippen LogP contribution in [0.25, 0.3) is 0 Å². The molecule has 3 rings (SSSR count). The minimum atomic E-state index is -0.930. The Hall–Kier alpha value is -0.380. The molecule has 0 radical (unpaired) electrons. The third-order valence-corrected chi connectivity index (χ3v) is 5.58. The van der Waals surface area contributed by atoms with E-state index in [1.807, 2.05) is 0 Å². The third kappa shape index (κ3) is 2.24. The summed E-state index contributed by atoms with van der Waals surface area (Å²) in [6, 6.07) is 0. The lowest BCUT2D eigenvalue weighted by Gasteiger charge is -2.43. The highest BCUT2D eigenvalue weighted by Crippen LogP contribution is 2.63. The molecule has 5 atom stereocenters. The van der Waals surface area contributed by atoms with Gasteiger partial charge in [0, 0.05) is 32.5 Å². The van der Waals surface area contributed by atoms with E-state index in [2.05, 4.69) is 32.1 Å². The molecule has 116 valence electrons. The quantitative estimate of drug-likeness (QED) is 0.749. The molecule has 1 saturated carbocycles. The first-order chi connectivity index (χ1) is 9.30. The second-order valence-corrected chi connectivity index (χ2v) is 7.23. The normalized spacial score (nSPS) is 46.1. The fourth-order valence-corrected chi connectivity index (χ4v) is 4.64. The van der Waals surface area contributed by atoms with Gasteiger partial charge in [-0.1, -0.05) is 32.9 Å². The van der Waals surface area contributed by atoms with Crippen LogP contribution in [0.15, 0.2) is 12.2 Å². The largest absolute Gasteiger partial charge is 0.388 e. The Morgan fingerprint density at radius 2 is 1.95 bits per heavy atom. The van der Waals surface area contributed by atoms with Gasteiger partial charge in [0.15, 0.2) is 5.79 Å². The van der Waals surface area contributed by atoms with Crippen molar-refractivity contribution in [2.45, 2.75) is 57.8 Å². The second-order valence-electron chi connectivity index (χ2n) is 7.23. The summed E-state index contributed by atoms with van der Waals surface area (Å²) in [4.78, 5) is 0. The summed E-state index contributed by atoms with van der Waals surface area (Å²) in [7, 11) is 3.25. The molecule has 0 aromatic rings. The maximum atomic E-state index is 10.8. The lowest BCUT2D eigenvalue weighted by molar-refractivity contribution is -0.269. The SMILES string of the molecule is C=C1C[C@]2(O)O[C@@]3(C[C@H]2C(C)C)[C@@H](C)CC[C@@H]13.COC. The van der Waals surface area contributed by atoms with E-state index in [9.17, 15) is 5.11 Å². The summed E-state index contributed by atoms with van der Waals surface area (Å²) < 4.78 is 10.5. The molecule has 2 heterocycles. The smallest absolute Gasteiger partial charge is 0.173 e. The maximum Gasteiger partial charge on any atom is 0.173 e. The molecule has 3 nitrogen and oxygen atoms in total. The Morgan fingerprint density at radius 1 is 1.35 bits per heavy atom. The summed E-state index contributed by atoms with van der Waals surface area (Å²) in [6.07, 6.45) is 4.08. The first-order valence-electron chi connectivity index (χ1n) is 7.81. The van der Waals surface area contributed by atoms with E-state index in [1.165, 1.54) is 18.4 Å². The Labute approximate surface area is 123 Å². The number of hydrogen-bond donors (Lipinski definition) is 1. The first-order valence-corrected chi connectivity index (χ1v) is 7.81. The van der Waals surface area contributed by atoms with Crippen molar-refractivity contribution < 1.29 is 14.6 Å². The topological polar surface area (TPSA) is 38.7 Å². The average molecular weight is 282 g/mol. The van der Waals surface area contributed by atoms with Crippen molar-refractivity contribution in [3.63, 3.8) is 0 Å². The standard InChI is InChI=1S/C15H24O2.C2H6O/c1-9(2)13-8-14-11(4)5-6-12(14)10(3)7-15(13,16)17-14;1-3-2/h9,11-13,16H,3,5-8H2,1-2,4H3;1-2H3/t11-,12-,13-,14-,15-;/m0./s1. The van der Waals surface area contributed by atoms with E-state index in [4.69, 9.17) is 4.74 Å². The van der Waals surface area contributed by atoms with Crippen molar-refractivity contribution in [3.8, 4) is 0 Å². The summed E-state index contributed by atoms with van der Waals surface area (Å²) >= 11 is 0. The molecule has 1 aliphatic carbocycles. The average Bonchev–Trinajstić information content (AvgIpc) is 2.78. The molecule has 20 heavy (non-hydrogen) atoms. The van der Waals surface area contributed by atoms with E-state index in [0.717, 1.165) is 6.42 Å². The molecule has 2 saturated heterocycles. The molecule has 2 aliphatic heterocycles. The van der Waals surface area contributed by atoms with Crippen molar-refractivity contribution in [1.29, 1.82) is 0 Å². The van der Waals surface area contributed by atoms with Crippen LogP contribution in [-0.4, -0.2) is 30.7 Å². The number of hydrogen-bond acceptors (Lipinski definition) is 3. The summed E-state index contributed by atoms with van der Waals surface area (Å²) in [5.74, 6) is 0.852. The lowest BCUT2D eigenvalue weighted by atomic mass is 9.77. The van der Waals surface area contributed by atoms with E-state index < -0.39 is 5.79 Å². The summed E-state index contributed by atoms with van der Waals surface area (Å²) in [5.41, 5.74) is 1.13. The molecule has 3 heteroatoms. The van der Waals surface area contributed by atoms with Crippen molar-refractivity contribution in [3.05, 3.63) is 12.2 Å². The van der Waals surface area contributed by atoms with Crippen LogP contribution in [0.2, 0.25) is 0 Å². The number of methoxy groups -OCH3 is 1. The minimum absolute atomic E-state index is 0.0982. The van der Waals surface area contributed by atoms with Gasteiger partial charge in [-0.3, -0.25) is 0 Å². The van der Waals surface area contributed by atoms with Gasteiger partial charge in [0.1, 0.15) is 0 Å². The van der Waals surface area contributed by atoms with Crippen molar-refractivity contribution >= 4 is 0 Å². The highest BCUT2D eigenvalue weighted by Gasteiger charge is 2.66. The van der Waals surface area contributed by atoms with E-state index in [0.29, 0.717) is 24.2 Å². The van der Waals surface area contributed by atoms with Crippen LogP contribution in [0.5, 0.6) is 0 Å². The van der Waals surface area contributed by atoms with Crippen LogP contribution < -0.4 is 0 Å². The molecule has 3 fully saturated rings. The van der Waals surface area contributed by atoms with Gasteiger partial charge < -0.3 is 14.6 Å². The fourth-order valence-electron chi connectivity index (χ4n) is 4.64. The van der Waals surface area contributed by atoms with E-state index >= 15 is 0 Å². The molecule has 1 spiro atoms. The monoisotopic (exact) mass is 282 g/mol. The highest BCUT2D eigenvalue weighted by atomic mass is 16.6. The minimum Gasteiger partial charge on any atom is -0.388 e. The van der Waals surface area contributed by atoms with Crippen LogP contribution in [-0.2, 0) is 9.47 Å². The Balaban J connectivity index is 0.000000452. The molecule has 0 unspecified atom stereocenters. The van der Waals surface area contributed by atoms with Gasteiger partial charge in [0.2, 0.25) is 0 Å². The van der Waals surface area contributed by atoms with Crippen molar-refractivity contribution in [2.24, 2.45) is 23.7 Å². The van der Waals surface area contributed by atoms with Crippen LogP contribution in [0.1, 0.15) is 46.5 Å². The zero-order valence-electron chi connectivity index (χ0n) is 13.6. The summed E-state index contributed by atoms with van der Waals surface area (Å²) in [5, 5.41) is 10.8. The van der Waals surface area contributed by atoms with Gasteiger partial charge in [-0.25, -0.2) is 0 Å². The Morgan fingerprint density at radius 3 is 2.50 bits per heavy atom. The molecular weight excluding hydrogens is 252 g/mol. The van der Waals surface area contributed by atoms with Gasteiger partial charge in [-0.2, -0.15) is 0 Å². The molecule has 2 bridgehead atoms. The third-order valence-electron chi connectivity index (χ3n) is 5.58. The van der Waals surface area contributed by atoms with E-state index in [1.54, 1.807) is 14.2 Å². The predicted octanol–water partition coefficient (Wildman–Crippen LogP) is 3.37. The Bertz CT molecular complexity index is 378. The van der Waals surface area contributed by atoms with Crippen LogP contribution in [0.3, 0.4) is 0 Å². The highest BCUT2D eigenvalue weighted by molar-refractivity contribution is 5.24. The van der Waals surface area contributed by atoms with Gasteiger partial charge in [0.25, 0.3) is 0 Å². The lowest BCUT2D eigenvalue weighted by Crippen LogP contribution is -2.48. The Kier molecular flexibility index (Phi) is 4.35. The first kappa shape index (κ1) is 16.0. The molecule has 1 N–H and O–H groups in total. The molecule has 0 aromatic carbocycles. The number of aliphatic hydroxyl groups is 1. The van der Waals surface area contributed by atoms with Gasteiger partial charge in [-0.15, -0.1) is 0 Å². The number of rotatable bonds is 1. The fraction of sp³-hybridized carbons (Fsp3) is 0.882. The maximum absolute atomic E-state index is 10.8. The van der Waals surface area contributed by atoms with Gasteiger partial charge in [0.05, 0.1) is 5.60 Å². The van der Waals surface area contributed by atoms with Crippen LogP contribution >= 0.6 is 0 Å². The second kappa shape index (κ2) is 5.43. The predicted molar refractivity (Wildman–Crippen MR) is 80.3 cm³/mol. The molecule has 0 amide bonds. The summed E-state index contributed by atoms with van der Waals surface area (Å²) in [6.45, 7) is 10.9. The van der Waals surface area contributed by atoms with Crippen LogP contribution in [0, 0.1) is 23.7 Å². The molecule has 3 aliphatic rings. The van der Waals surface area contributed by atoms with Gasteiger partial charge in [-0.05, 0) is 31.1 Å². The van der Waals surface area contributed by atoms with Gasteiger partial charge >= 0.3 is 0 Å². The van der Waals surface area contributed by atoms with E-state index in [-0.39, 0.29) is 11.5 Å². The molecule has 0 aromatic heterocycles. The zero-order chi connectivity index (χ0) is 15.1. The molecular formula is C17H30O3. The zero-order valence-corrected chi connectivity index (χ0v) is 13.6.